The maximum absolute atomic E-state index is 4.31. The van der Waals surface area contributed by atoms with Gasteiger partial charge in [-0.1, -0.05) is 20.8 Å². The third-order valence-electron chi connectivity index (χ3n) is 1.71. The lowest BCUT2D eigenvalue weighted by atomic mass is 10.4. The smallest absolute Gasteiger partial charge is 0.164 e. The predicted molar refractivity (Wildman–Crippen MR) is 52.3 cm³/mol. The molecule has 4 nitrogen and oxygen atoms in total. The SMILES string of the molecule is CCCn1cnc(CNC(C)C)n1. The van der Waals surface area contributed by atoms with Gasteiger partial charge in [-0.3, -0.25) is 4.68 Å². The zero-order valence-electron chi connectivity index (χ0n) is 8.62. The summed E-state index contributed by atoms with van der Waals surface area (Å²) >= 11 is 0. The minimum Gasteiger partial charge on any atom is -0.308 e. The third-order valence-corrected chi connectivity index (χ3v) is 1.71. The van der Waals surface area contributed by atoms with Crippen LogP contribution in [0.25, 0.3) is 0 Å². The van der Waals surface area contributed by atoms with Crippen LogP contribution in [0.5, 0.6) is 0 Å². The Hall–Kier alpha value is -0.900. The molecule has 74 valence electrons. The first kappa shape index (κ1) is 10.2. The van der Waals surface area contributed by atoms with Gasteiger partial charge in [0.25, 0.3) is 0 Å². The molecule has 1 rings (SSSR count). The van der Waals surface area contributed by atoms with Crippen LogP contribution in [0.2, 0.25) is 0 Å². The second kappa shape index (κ2) is 4.97. The van der Waals surface area contributed by atoms with E-state index in [0.29, 0.717) is 6.04 Å². The van der Waals surface area contributed by atoms with Crippen LogP contribution in [-0.2, 0) is 13.1 Å². The average Bonchev–Trinajstić information content (AvgIpc) is 2.50. The molecule has 0 aromatic carbocycles. The Labute approximate surface area is 79.4 Å². The predicted octanol–water partition coefficient (Wildman–Crippen LogP) is 1.19. The minimum absolute atomic E-state index is 0.484. The highest BCUT2D eigenvalue weighted by atomic mass is 15.3. The molecule has 0 spiro atoms. The fourth-order valence-electron chi connectivity index (χ4n) is 1.05. The minimum atomic E-state index is 0.484. The van der Waals surface area contributed by atoms with Crippen LogP contribution in [0.3, 0.4) is 0 Å². The molecule has 0 saturated heterocycles. The van der Waals surface area contributed by atoms with E-state index >= 15 is 0 Å². The van der Waals surface area contributed by atoms with Crippen LogP contribution >= 0.6 is 0 Å². The molecule has 1 heterocycles. The maximum Gasteiger partial charge on any atom is 0.164 e. The first-order chi connectivity index (χ1) is 6.22. The molecule has 0 bridgehead atoms. The van der Waals surface area contributed by atoms with Crippen molar-refractivity contribution in [3.05, 3.63) is 12.2 Å². The highest BCUT2D eigenvalue weighted by Gasteiger charge is 2.00. The lowest BCUT2D eigenvalue weighted by Gasteiger charge is -2.03. The van der Waals surface area contributed by atoms with E-state index in [2.05, 4.69) is 36.2 Å². The molecular weight excluding hydrogens is 164 g/mol. The second-order valence-corrected chi connectivity index (χ2v) is 3.46. The monoisotopic (exact) mass is 182 g/mol. The standard InChI is InChI=1S/C9H18N4/c1-4-5-13-7-11-9(12-13)6-10-8(2)3/h7-8,10H,4-6H2,1-3H3. The first-order valence-corrected chi connectivity index (χ1v) is 4.84. The Morgan fingerprint density at radius 1 is 1.54 bits per heavy atom. The van der Waals surface area contributed by atoms with Crippen LogP contribution in [0.15, 0.2) is 6.33 Å². The van der Waals surface area contributed by atoms with Gasteiger partial charge in [0.05, 0.1) is 6.54 Å². The molecule has 0 atom stereocenters. The lowest BCUT2D eigenvalue weighted by molar-refractivity contribution is 0.553. The third kappa shape index (κ3) is 3.55. The van der Waals surface area contributed by atoms with Gasteiger partial charge in [0.15, 0.2) is 5.82 Å². The van der Waals surface area contributed by atoms with Crippen molar-refractivity contribution in [3.8, 4) is 0 Å². The largest absolute Gasteiger partial charge is 0.308 e. The number of hydrogen-bond donors (Lipinski definition) is 1. The number of nitrogens with one attached hydrogen (secondary N) is 1. The van der Waals surface area contributed by atoms with E-state index in [9.17, 15) is 0 Å². The van der Waals surface area contributed by atoms with E-state index in [-0.39, 0.29) is 0 Å². The van der Waals surface area contributed by atoms with Crippen molar-refractivity contribution in [3.63, 3.8) is 0 Å². The molecule has 0 amide bonds. The summed E-state index contributed by atoms with van der Waals surface area (Å²) in [5.74, 6) is 0.877. The van der Waals surface area contributed by atoms with Gasteiger partial charge in [0.1, 0.15) is 6.33 Å². The Bertz CT molecular complexity index is 242. The summed E-state index contributed by atoms with van der Waals surface area (Å²) in [6, 6.07) is 0.484. The van der Waals surface area contributed by atoms with Crippen molar-refractivity contribution in [1.82, 2.24) is 20.1 Å². The average molecular weight is 182 g/mol. The van der Waals surface area contributed by atoms with Crippen LogP contribution in [0, 0.1) is 0 Å². The summed E-state index contributed by atoms with van der Waals surface area (Å²) < 4.78 is 1.89. The second-order valence-electron chi connectivity index (χ2n) is 3.46. The number of aromatic nitrogens is 3. The Morgan fingerprint density at radius 2 is 2.31 bits per heavy atom. The molecule has 1 N–H and O–H groups in total. The van der Waals surface area contributed by atoms with E-state index < -0.39 is 0 Å². The number of aryl methyl sites for hydroxylation is 1. The van der Waals surface area contributed by atoms with Gasteiger partial charge in [-0.15, -0.1) is 0 Å². The van der Waals surface area contributed by atoms with Crippen molar-refractivity contribution in [2.45, 2.75) is 46.3 Å². The highest BCUT2D eigenvalue weighted by molar-refractivity contribution is 4.81. The van der Waals surface area contributed by atoms with Gasteiger partial charge in [0, 0.05) is 12.6 Å². The first-order valence-electron chi connectivity index (χ1n) is 4.84. The van der Waals surface area contributed by atoms with Gasteiger partial charge in [-0.25, -0.2) is 4.98 Å². The Kier molecular flexibility index (Phi) is 3.89. The summed E-state index contributed by atoms with van der Waals surface area (Å²) in [6.45, 7) is 8.07. The zero-order valence-corrected chi connectivity index (χ0v) is 8.62. The summed E-state index contributed by atoms with van der Waals surface area (Å²) in [4.78, 5) is 4.20. The topological polar surface area (TPSA) is 42.7 Å². The Balaban J connectivity index is 2.39. The Morgan fingerprint density at radius 3 is 2.92 bits per heavy atom. The van der Waals surface area contributed by atoms with Crippen LogP contribution in [0.1, 0.15) is 33.0 Å². The van der Waals surface area contributed by atoms with E-state index in [4.69, 9.17) is 0 Å². The van der Waals surface area contributed by atoms with Gasteiger partial charge in [-0.2, -0.15) is 5.10 Å². The molecule has 0 radical (unpaired) electrons. The molecule has 4 heteroatoms. The van der Waals surface area contributed by atoms with Crippen molar-refractivity contribution in [1.29, 1.82) is 0 Å². The molecule has 1 aromatic rings. The van der Waals surface area contributed by atoms with E-state index in [1.54, 1.807) is 6.33 Å². The van der Waals surface area contributed by atoms with E-state index in [0.717, 1.165) is 25.3 Å². The lowest BCUT2D eigenvalue weighted by Crippen LogP contribution is -2.22. The molecule has 1 aromatic heterocycles. The van der Waals surface area contributed by atoms with Crippen LogP contribution in [0.4, 0.5) is 0 Å². The van der Waals surface area contributed by atoms with Crippen LogP contribution < -0.4 is 5.32 Å². The quantitative estimate of drug-likeness (QED) is 0.743. The van der Waals surface area contributed by atoms with Crippen molar-refractivity contribution in [2.24, 2.45) is 0 Å². The molecule has 0 aliphatic carbocycles. The summed E-state index contributed by atoms with van der Waals surface area (Å²) in [6.07, 6.45) is 2.89. The number of rotatable bonds is 5. The zero-order chi connectivity index (χ0) is 9.68. The number of nitrogens with zero attached hydrogens (tertiary/aromatic N) is 3. The molecule has 0 unspecified atom stereocenters. The molecular formula is C9H18N4. The fraction of sp³-hybridized carbons (Fsp3) is 0.778. The summed E-state index contributed by atoms with van der Waals surface area (Å²) in [5, 5.41) is 7.59. The fourth-order valence-corrected chi connectivity index (χ4v) is 1.05. The van der Waals surface area contributed by atoms with Gasteiger partial charge < -0.3 is 5.32 Å². The molecule has 0 aliphatic heterocycles. The van der Waals surface area contributed by atoms with E-state index in [1.165, 1.54) is 0 Å². The van der Waals surface area contributed by atoms with Crippen LogP contribution in [-0.4, -0.2) is 20.8 Å². The van der Waals surface area contributed by atoms with Gasteiger partial charge >= 0.3 is 0 Å². The molecule has 0 saturated carbocycles. The van der Waals surface area contributed by atoms with Crippen molar-refractivity contribution >= 4 is 0 Å². The van der Waals surface area contributed by atoms with Gasteiger partial charge in [0.2, 0.25) is 0 Å². The maximum atomic E-state index is 4.31. The molecule has 13 heavy (non-hydrogen) atoms. The summed E-state index contributed by atoms with van der Waals surface area (Å²) in [7, 11) is 0. The van der Waals surface area contributed by atoms with Gasteiger partial charge in [-0.05, 0) is 6.42 Å². The summed E-state index contributed by atoms with van der Waals surface area (Å²) in [5.41, 5.74) is 0. The number of hydrogen-bond acceptors (Lipinski definition) is 3. The highest BCUT2D eigenvalue weighted by Crippen LogP contribution is 1.92. The van der Waals surface area contributed by atoms with Crippen molar-refractivity contribution in [2.75, 3.05) is 0 Å². The van der Waals surface area contributed by atoms with E-state index in [1.807, 2.05) is 4.68 Å². The normalized spacial score (nSPS) is 11.1. The molecule has 0 fully saturated rings. The van der Waals surface area contributed by atoms with Crippen molar-refractivity contribution < 1.29 is 0 Å². The molecule has 0 aliphatic rings.